The molecule has 0 unspecified atom stereocenters. The SMILES string of the molecule is C=C1SC(=Cc2ccccc2)C(=C)N1c1ccccc1. The van der Waals surface area contributed by atoms with Crippen LogP contribution in [-0.2, 0) is 0 Å². The van der Waals surface area contributed by atoms with Crippen molar-refractivity contribution in [2.75, 3.05) is 4.90 Å². The molecule has 2 heteroatoms. The van der Waals surface area contributed by atoms with Crippen molar-refractivity contribution < 1.29 is 0 Å². The average molecular weight is 277 g/mol. The Balaban J connectivity index is 1.93. The van der Waals surface area contributed by atoms with E-state index < -0.39 is 0 Å². The van der Waals surface area contributed by atoms with Gasteiger partial charge in [0.15, 0.2) is 0 Å². The Hall–Kier alpha value is -2.19. The molecule has 1 fully saturated rings. The van der Waals surface area contributed by atoms with Crippen LogP contribution in [0.15, 0.2) is 89.5 Å². The molecule has 1 saturated heterocycles. The standard InChI is InChI=1S/C18H15NS/c1-14-18(13-16-9-5-3-6-10-16)20-15(2)19(14)17-11-7-4-8-12-17/h3-13H,1-2H2. The van der Waals surface area contributed by atoms with Gasteiger partial charge < -0.3 is 4.90 Å². The highest BCUT2D eigenvalue weighted by atomic mass is 32.2. The number of nitrogens with zero attached hydrogens (tertiary/aromatic N) is 1. The summed E-state index contributed by atoms with van der Waals surface area (Å²) >= 11 is 1.66. The lowest BCUT2D eigenvalue weighted by atomic mass is 10.2. The lowest BCUT2D eigenvalue weighted by Crippen LogP contribution is -2.12. The van der Waals surface area contributed by atoms with Gasteiger partial charge in [-0.25, -0.2) is 0 Å². The third-order valence-corrected chi connectivity index (χ3v) is 4.13. The van der Waals surface area contributed by atoms with Gasteiger partial charge in [-0.3, -0.25) is 0 Å². The molecule has 1 nitrogen and oxygen atoms in total. The van der Waals surface area contributed by atoms with Gasteiger partial charge >= 0.3 is 0 Å². The number of anilines is 1. The molecule has 2 aromatic rings. The van der Waals surface area contributed by atoms with Gasteiger partial charge in [-0.2, -0.15) is 0 Å². The Morgan fingerprint density at radius 1 is 0.850 bits per heavy atom. The van der Waals surface area contributed by atoms with Crippen LogP contribution < -0.4 is 4.90 Å². The van der Waals surface area contributed by atoms with Gasteiger partial charge in [0.05, 0.1) is 10.7 Å². The lowest BCUT2D eigenvalue weighted by Gasteiger charge is -2.19. The third kappa shape index (κ3) is 2.43. The highest BCUT2D eigenvalue weighted by Crippen LogP contribution is 2.46. The Kier molecular flexibility index (Phi) is 3.48. The van der Waals surface area contributed by atoms with Gasteiger partial charge in [-0.15, -0.1) is 0 Å². The van der Waals surface area contributed by atoms with Crippen LogP contribution in [-0.4, -0.2) is 0 Å². The zero-order chi connectivity index (χ0) is 13.9. The summed E-state index contributed by atoms with van der Waals surface area (Å²) in [5.74, 6) is 0. The van der Waals surface area contributed by atoms with E-state index in [0.29, 0.717) is 0 Å². The molecule has 20 heavy (non-hydrogen) atoms. The minimum Gasteiger partial charge on any atom is -0.305 e. The maximum atomic E-state index is 4.22. The number of para-hydroxylation sites is 1. The van der Waals surface area contributed by atoms with E-state index in [9.17, 15) is 0 Å². The number of benzene rings is 2. The van der Waals surface area contributed by atoms with Gasteiger partial charge in [0.1, 0.15) is 0 Å². The Labute approximate surface area is 123 Å². The summed E-state index contributed by atoms with van der Waals surface area (Å²) in [5, 5.41) is 0.989. The van der Waals surface area contributed by atoms with Crippen molar-refractivity contribution in [2.45, 2.75) is 0 Å². The Bertz CT molecular complexity index is 671. The molecule has 0 bridgehead atoms. The molecule has 1 heterocycles. The van der Waals surface area contributed by atoms with Crippen LogP contribution in [0.2, 0.25) is 0 Å². The predicted octanol–water partition coefficient (Wildman–Crippen LogP) is 5.27. The van der Waals surface area contributed by atoms with Crippen molar-refractivity contribution in [1.29, 1.82) is 0 Å². The lowest BCUT2D eigenvalue weighted by molar-refractivity contribution is 1.22. The van der Waals surface area contributed by atoms with Crippen molar-refractivity contribution in [3.63, 3.8) is 0 Å². The first-order valence-electron chi connectivity index (χ1n) is 6.43. The highest BCUT2D eigenvalue weighted by Gasteiger charge is 2.26. The molecule has 0 spiro atoms. The molecule has 1 aliphatic rings. The second-order valence-corrected chi connectivity index (χ2v) is 5.65. The van der Waals surface area contributed by atoms with Gasteiger partial charge in [0, 0.05) is 10.6 Å². The van der Waals surface area contributed by atoms with Crippen molar-refractivity contribution in [1.82, 2.24) is 0 Å². The van der Waals surface area contributed by atoms with E-state index in [1.807, 2.05) is 36.4 Å². The second-order valence-electron chi connectivity index (χ2n) is 4.53. The number of rotatable bonds is 2. The van der Waals surface area contributed by atoms with E-state index in [4.69, 9.17) is 0 Å². The second kappa shape index (κ2) is 5.43. The summed E-state index contributed by atoms with van der Waals surface area (Å²) in [7, 11) is 0. The predicted molar refractivity (Wildman–Crippen MR) is 89.2 cm³/mol. The van der Waals surface area contributed by atoms with Gasteiger partial charge in [-0.05, 0) is 23.8 Å². The number of hydrogen-bond donors (Lipinski definition) is 0. The first-order chi connectivity index (χ1) is 9.75. The van der Waals surface area contributed by atoms with Crippen LogP contribution in [0.4, 0.5) is 5.69 Å². The van der Waals surface area contributed by atoms with E-state index in [1.165, 1.54) is 5.56 Å². The molecule has 0 amide bonds. The van der Waals surface area contributed by atoms with Gasteiger partial charge in [-0.1, -0.05) is 73.5 Å². The van der Waals surface area contributed by atoms with E-state index in [1.54, 1.807) is 11.8 Å². The summed E-state index contributed by atoms with van der Waals surface area (Å²) in [6.07, 6.45) is 2.15. The molecule has 0 N–H and O–H groups in total. The quantitative estimate of drug-likeness (QED) is 0.736. The molecule has 3 rings (SSSR count). The molecule has 0 aliphatic carbocycles. The van der Waals surface area contributed by atoms with Crippen molar-refractivity contribution in [3.05, 3.63) is 95.0 Å². The molecule has 0 saturated carbocycles. The molecule has 0 aromatic heterocycles. The summed E-state index contributed by atoms with van der Waals surface area (Å²) in [4.78, 5) is 3.24. The van der Waals surface area contributed by atoms with E-state index in [2.05, 4.69) is 48.4 Å². The monoisotopic (exact) mass is 277 g/mol. The fourth-order valence-electron chi connectivity index (χ4n) is 2.18. The summed E-state index contributed by atoms with van der Waals surface area (Å²) < 4.78 is 0. The zero-order valence-electron chi connectivity index (χ0n) is 11.1. The zero-order valence-corrected chi connectivity index (χ0v) is 11.9. The fourth-order valence-corrected chi connectivity index (χ4v) is 3.15. The first-order valence-corrected chi connectivity index (χ1v) is 7.25. The smallest absolute Gasteiger partial charge is 0.0774 e. The first kappa shape index (κ1) is 12.8. The number of thioether (sulfide) groups is 1. The van der Waals surface area contributed by atoms with Crippen molar-refractivity contribution in [3.8, 4) is 0 Å². The van der Waals surface area contributed by atoms with Crippen LogP contribution in [0, 0.1) is 0 Å². The maximum Gasteiger partial charge on any atom is 0.0774 e. The Morgan fingerprint density at radius 2 is 1.45 bits per heavy atom. The highest BCUT2D eigenvalue weighted by molar-refractivity contribution is 8.07. The third-order valence-electron chi connectivity index (χ3n) is 3.14. The average Bonchev–Trinajstić information content (AvgIpc) is 2.75. The summed E-state index contributed by atoms with van der Waals surface area (Å²) in [5.41, 5.74) is 3.26. The van der Waals surface area contributed by atoms with Gasteiger partial charge in [0.2, 0.25) is 0 Å². The minimum absolute atomic E-state index is 0.982. The largest absolute Gasteiger partial charge is 0.305 e. The minimum atomic E-state index is 0.982. The van der Waals surface area contributed by atoms with Crippen LogP contribution in [0.1, 0.15) is 5.56 Å². The van der Waals surface area contributed by atoms with Crippen LogP contribution in [0.5, 0.6) is 0 Å². The van der Waals surface area contributed by atoms with E-state index >= 15 is 0 Å². The number of hydrogen-bond acceptors (Lipinski definition) is 2. The molecule has 98 valence electrons. The Morgan fingerprint density at radius 3 is 2.10 bits per heavy atom. The van der Waals surface area contributed by atoms with E-state index in [0.717, 1.165) is 21.3 Å². The van der Waals surface area contributed by atoms with Crippen molar-refractivity contribution in [2.24, 2.45) is 0 Å². The molecule has 2 aromatic carbocycles. The summed E-state index contributed by atoms with van der Waals surface area (Å²) in [6.45, 7) is 8.36. The van der Waals surface area contributed by atoms with Crippen LogP contribution in [0.25, 0.3) is 6.08 Å². The van der Waals surface area contributed by atoms with Crippen LogP contribution >= 0.6 is 11.8 Å². The van der Waals surface area contributed by atoms with Crippen molar-refractivity contribution >= 4 is 23.5 Å². The van der Waals surface area contributed by atoms with Gasteiger partial charge in [0.25, 0.3) is 0 Å². The molecule has 1 aliphatic heterocycles. The van der Waals surface area contributed by atoms with E-state index in [-0.39, 0.29) is 0 Å². The normalized spacial score (nSPS) is 17.0. The topological polar surface area (TPSA) is 3.24 Å². The molecule has 0 radical (unpaired) electrons. The fraction of sp³-hybridized carbons (Fsp3) is 0. The molecule has 0 atom stereocenters. The molecular formula is C18H15NS. The maximum absolute atomic E-state index is 4.22. The summed E-state index contributed by atoms with van der Waals surface area (Å²) in [6, 6.07) is 20.5. The molecular weight excluding hydrogens is 262 g/mol. The van der Waals surface area contributed by atoms with Crippen LogP contribution in [0.3, 0.4) is 0 Å².